The van der Waals surface area contributed by atoms with Crippen LogP contribution in [0.25, 0.3) is 0 Å². The van der Waals surface area contributed by atoms with E-state index in [2.05, 4.69) is 5.32 Å². The number of carboxylic acids is 1. The molecule has 6 nitrogen and oxygen atoms in total. The van der Waals surface area contributed by atoms with Crippen molar-refractivity contribution in [1.82, 2.24) is 10.2 Å². The molecule has 2 aliphatic heterocycles. The van der Waals surface area contributed by atoms with Gasteiger partial charge in [0.05, 0.1) is 11.8 Å². The molecule has 2 saturated heterocycles. The Hall–Kier alpha value is -1.59. The molecule has 0 aliphatic carbocycles. The summed E-state index contributed by atoms with van der Waals surface area (Å²) in [5.74, 6) is -1.21. The van der Waals surface area contributed by atoms with Crippen LogP contribution in [0.15, 0.2) is 0 Å². The molecular formula is C13H20N2O4. The van der Waals surface area contributed by atoms with Crippen LogP contribution in [0.4, 0.5) is 0 Å². The predicted molar refractivity (Wildman–Crippen MR) is 67.3 cm³/mol. The highest BCUT2D eigenvalue weighted by Crippen LogP contribution is 2.25. The first kappa shape index (κ1) is 13.8. The summed E-state index contributed by atoms with van der Waals surface area (Å²) in [6, 6.07) is -0.0417. The van der Waals surface area contributed by atoms with Crippen molar-refractivity contribution in [3.05, 3.63) is 0 Å². The van der Waals surface area contributed by atoms with E-state index in [4.69, 9.17) is 5.11 Å². The van der Waals surface area contributed by atoms with E-state index in [1.54, 1.807) is 4.90 Å². The van der Waals surface area contributed by atoms with E-state index in [-0.39, 0.29) is 29.7 Å². The summed E-state index contributed by atoms with van der Waals surface area (Å²) in [6.45, 7) is 2.80. The Morgan fingerprint density at radius 1 is 1.32 bits per heavy atom. The lowest BCUT2D eigenvalue weighted by Gasteiger charge is -2.38. The second-order valence-electron chi connectivity index (χ2n) is 5.48. The van der Waals surface area contributed by atoms with Crippen molar-refractivity contribution < 1.29 is 19.5 Å². The number of hydrogen-bond acceptors (Lipinski definition) is 3. The van der Waals surface area contributed by atoms with Gasteiger partial charge in [0, 0.05) is 25.6 Å². The van der Waals surface area contributed by atoms with Gasteiger partial charge < -0.3 is 15.3 Å². The van der Waals surface area contributed by atoms with Crippen LogP contribution in [0.5, 0.6) is 0 Å². The fourth-order valence-electron chi connectivity index (χ4n) is 2.90. The summed E-state index contributed by atoms with van der Waals surface area (Å²) in [7, 11) is 0. The molecule has 19 heavy (non-hydrogen) atoms. The number of likely N-dealkylation sites (tertiary alicyclic amines) is 1. The van der Waals surface area contributed by atoms with Gasteiger partial charge >= 0.3 is 5.97 Å². The maximum Gasteiger partial charge on any atom is 0.306 e. The van der Waals surface area contributed by atoms with Crippen LogP contribution >= 0.6 is 0 Å². The van der Waals surface area contributed by atoms with Gasteiger partial charge in [0.1, 0.15) is 0 Å². The molecule has 2 heterocycles. The largest absolute Gasteiger partial charge is 0.481 e. The zero-order valence-corrected chi connectivity index (χ0v) is 11.1. The van der Waals surface area contributed by atoms with Gasteiger partial charge in [-0.15, -0.1) is 0 Å². The van der Waals surface area contributed by atoms with Gasteiger partial charge in [0.2, 0.25) is 11.8 Å². The van der Waals surface area contributed by atoms with E-state index in [9.17, 15) is 14.4 Å². The zero-order chi connectivity index (χ0) is 14.0. The Kier molecular flexibility index (Phi) is 4.07. The minimum Gasteiger partial charge on any atom is -0.481 e. The molecule has 106 valence electrons. The van der Waals surface area contributed by atoms with E-state index >= 15 is 0 Å². The van der Waals surface area contributed by atoms with Crippen LogP contribution in [0.3, 0.4) is 0 Å². The lowest BCUT2D eigenvalue weighted by atomic mass is 9.89. The Morgan fingerprint density at radius 3 is 2.58 bits per heavy atom. The number of aliphatic carboxylic acids is 1. The number of carbonyl (C=O) groups is 3. The highest BCUT2D eigenvalue weighted by atomic mass is 16.4. The summed E-state index contributed by atoms with van der Waals surface area (Å²) < 4.78 is 0. The minimum atomic E-state index is -0.774. The third kappa shape index (κ3) is 3.05. The summed E-state index contributed by atoms with van der Waals surface area (Å²) in [6.07, 6.45) is 2.03. The summed E-state index contributed by atoms with van der Waals surface area (Å²) in [5.41, 5.74) is 0. The molecule has 0 bridgehead atoms. The Bertz CT molecular complexity index is 386. The molecule has 0 saturated carbocycles. The van der Waals surface area contributed by atoms with E-state index < -0.39 is 5.97 Å². The first-order chi connectivity index (χ1) is 8.99. The smallest absolute Gasteiger partial charge is 0.306 e. The molecular weight excluding hydrogens is 248 g/mol. The molecule has 0 aromatic rings. The molecule has 0 spiro atoms. The highest BCUT2D eigenvalue weighted by Gasteiger charge is 2.35. The van der Waals surface area contributed by atoms with Crippen molar-refractivity contribution in [1.29, 1.82) is 0 Å². The number of amides is 2. The van der Waals surface area contributed by atoms with Crippen LogP contribution < -0.4 is 5.32 Å². The second-order valence-corrected chi connectivity index (χ2v) is 5.48. The van der Waals surface area contributed by atoms with Crippen LogP contribution in [-0.2, 0) is 14.4 Å². The number of hydrogen-bond donors (Lipinski definition) is 2. The van der Waals surface area contributed by atoms with Gasteiger partial charge in [-0.3, -0.25) is 14.4 Å². The van der Waals surface area contributed by atoms with Crippen LogP contribution in [0.1, 0.15) is 32.6 Å². The molecule has 3 atom stereocenters. The van der Waals surface area contributed by atoms with Gasteiger partial charge in [0.15, 0.2) is 0 Å². The normalized spacial score (nSPS) is 31.7. The van der Waals surface area contributed by atoms with Crippen LogP contribution in [0.2, 0.25) is 0 Å². The van der Waals surface area contributed by atoms with Crippen LogP contribution in [0, 0.1) is 11.8 Å². The van der Waals surface area contributed by atoms with Crippen molar-refractivity contribution in [2.45, 2.75) is 38.6 Å². The minimum absolute atomic E-state index is 0.00156. The summed E-state index contributed by atoms with van der Waals surface area (Å²) in [4.78, 5) is 36.2. The number of nitrogens with zero attached hydrogens (tertiary/aromatic N) is 1. The second kappa shape index (κ2) is 5.59. The van der Waals surface area contributed by atoms with Gasteiger partial charge in [0.25, 0.3) is 0 Å². The first-order valence-electron chi connectivity index (χ1n) is 6.79. The molecule has 0 aromatic heterocycles. The predicted octanol–water partition coefficient (Wildman–Crippen LogP) is 0.224. The molecule has 2 N–H and O–H groups in total. The quantitative estimate of drug-likeness (QED) is 0.750. The Morgan fingerprint density at radius 2 is 2.05 bits per heavy atom. The van der Waals surface area contributed by atoms with E-state index in [1.165, 1.54) is 0 Å². The fourth-order valence-corrected chi connectivity index (χ4v) is 2.90. The molecule has 3 unspecified atom stereocenters. The maximum absolute atomic E-state index is 12.4. The number of nitrogens with one attached hydrogen (secondary N) is 1. The lowest BCUT2D eigenvalue weighted by molar-refractivity contribution is -0.149. The maximum atomic E-state index is 12.4. The first-order valence-corrected chi connectivity index (χ1v) is 6.79. The topological polar surface area (TPSA) is 86.7 Å². The van der Waals surface area contributed by atoms with E-state index in [1.807, 2.05) is 6.92 Å². The molecule has 2 rings (SSSR count). The standard InChI is InChI=1S/C13H20N2O4/c1-8-6-9(13(18)19)4-5-15(8)12(17)10-2-3-11(16)14-7-10/h8-10H,2-7H2,1H3,(H,14,16)(H,18,19). The van der Waals surface area contributed by atoms with Crippen molar-refractivity contribution in [3.8, 4) is 0 Å². The number of rotatable bonds is 2. The lowest BCUT2D eigenvalue weighted by Crippen LogP contribution is -2.51. The van der Waals surface area contributed by atoms with Gasteiger partial charge in [-0.05, 0) is 26.2 Å². The number of piperidine rings is 2. The zero-order valence-electron chi connectivity index (χ0n) is 11.1. The average molecular weight is 268 g/mol. The molecule has 2 fully saturated rings. The SMILES string of the molecule is CC1CC(C(=O)O)CCN1C(=O)C1CCC(=O)NC1. The third-order valence-corrected chi connectivity index (χ3v) is 4.12. The van der Waals surface area contributed by atoms with Gasteiger partial charge in [-0.2, -0.15) is 0 Å². The van der Waals surface area contributed by atoms with Crippen molar-refractivity contribution in [2.75, 3.05) is 13.1 Å². The summed E-state index contributed by atoms with van der Waals surface area (Å²) >= 11 is 0. The Labute approximate surface area is 112 Å². The molecule has 6 heteroatoms. The van der Waals surface area contributed by atoms with Gasteiger partial charge in [-0.1, -0.05) is 0 Å². The average Bonchev–Trinajstić information content (AvgIpc) is 2.38. The third-order valence-electron chi connectivity index (χ3n) is 4.12. The van der Waals surface area contributed by atoms with Crippen LogP contribution in [-0.4, -0.2) is 46.9 Å². The molecule has 2 aliphatic rings. The Balaban J connectivity index is 1.93. The highest BCUT2D eigenvalue weighted by molar-refractivity contribution is 5.84. The number of carbonyl (C=O) groups excluding carboxylic acids is 2. The monoisotopic (exact) mass is 268 g/mol. The van der Waals surface area contributed by atoms with E-state index in [0.29, 0.717) is 38.8 Å². The van der Waals surface area contributed by atoms with Crippen molar-refractivity contribution >= 4 is 17.8 Å². The molecule has 0 radical (unpaired) electrons. The number of carboxylic acid groups (broad SMARTS) is 1. The van der Waals surface area contributed by atoms with Crippen molar-refractivity contribution in [3.63, 3.8) is 0 Å². The van der Waals surface area contributed by atoms with Crippen molar-refractivity contribution in [2.24, 2.45) is 11.8 Å². The molecule has 2 amide bonds. The summed E-state index contributed by atoms with van der Waals surface area (Å²) in [5, 5.41) is 11.7. The fraction of sp³-hybridized carbons (Fsp3) is 0.769. The van der Waals surface area contributed by atoms with Gasteiger partial charge in [-0.25, -0.2) is 0 Å². The molecule has 0 aromatic carbocycles. The van der Waals surface area contributed by atoms with E-state index in [0.717, 1.165) is 0 Å².